The van der Waals surface area contributed by atoms with Crippen LogP contribution in [0.5, 0.6) is 0 Å². The summed E-state index contributed by atoms with van der Waals surface area (Å²) in [7, 11) is 0. The van der Waals surface area contributed by atoms with Crippen molar-refractivity contribution in [3.05, 3.63) is 23.9 Å². The molecule has 0 aromatic carbocycles. The lowest BCUT2D eigenvalue weighted by molar-refractivity contribution is 0.277. The Kier molecular flexibility index (Phi) is 1.51. The first-order valence-corrected chi connectivity index (χ1v) is 3.58. The molecule has 12 heavy (non-hydrogen) atoms. The van der Waals surface area contributed by atoms with Crippen LogP contribution in [0, 0.1) is 6.92 Å². The fourth-order valence-corrected chi connectivity index (χ4v) is 1.09. The van der Waals surface area contributed by atoms with Gasteiger partial charge < -0.3 is 5.11 Å². The normalized spacial score (nSPS) is 10.8. The van der Waals surface area contributed by atoms with Gasteiger partial charge >= 0.3 is 0 Å². The summed E-state index contributed by atoms with van der Waals surface area (Å²) in [6.07, 6.45) is 3.11. The molecule has 0 fully saturated rings. The van der Waals surface area contributed by atoms with E-state index in [-0.39, 0.29) is 6.61 Å². The summed E-state index contributed by atoms with van der Waals surface area (Å²) in [6.45, 7) is 1.78. The molecule has 0 amide bonds. The monoisotopic (exact) mass is 164 g/mol. The van der Waals surface area contributed by atoms with E-state index in [9.17, 15) is 0 Å². The molecule has 2 aromatic rings. The maximum absolute atomic E-state index is 8.90. The summed E-state index contributed by atoms with van der Waals surface area (Å²) in [4.78, 5) is 8.00. The third-order valence-electron chi connectivity index (χ3n) is 1.70. The van der Waals surface area contributed by atoms with Crippen LogP contribution in [0.15, 0.2) is 12.5 Å². The molecule has 0 bridgehead atoms. The zero-order chi connectivity index (χ0) is 8.55. The molecule has 0 radical (unpaired) electrons. The van der Waals surface area contributed by atoms with E-state index >= 15 is 0 Å². The predicted octanol–water partition coefficient (Wildman–Crippen LogP) is -0.0750. The number of fused-ring (bicyclic) bond motifs is 1. The van der Waals surface area contributed by atoms with E-state index < -0.39 is 0 Å². The SMILES string of the molecule is Cc1cnc(CO)c2ncnn12. The largest absolute Gasteiger partial charge is 0.390 e. The Morgan fingerprint density at radius 2 is 2.33 bits per heavy atom. The van der Waals surface area contributed by atoms with Gasteiger partial charge in [0, 0.05) is 6.20 Å². The first kappa shape index (κ1) is 7.17. The first-order valence-electron chi connectivity index (χ1n) is 3.58. The van der Waals surface area contributed by atoms with E-state index in [1.54, 1.807) is 10.7 Å². The van der Waals surface area contributed by atoms with Crippen molar-refractivity contribution in [1.82, 2.24) is 19.6 Å². The van der Waals surface area contributed by atoms with Gasteiger partial charge in [0.1, 0.15) is 12.0 Å². The van der Waals surface area contributed by atoms with Crippen molar-refractivity contribution in [2.45, 2.75) is 13.5 Å². The van der Waals surface area contributed by atoms with Gasteiger partial charge in [-0.05, 0) is 6.92 Å². The molecule has 2 aromatic heterocycles. The average Bonchev–Trinajstić information content (AvgIpc) is 2.54. The molecule has 2 rings (SSSR count). The molecular formula is C7H8N4O. The summed E-state index contributed by atoms with van der Waals surface area (Å²) in [5.74, 6) is 0. The number of aliphatic hydroxyl groups is 1. The van der Waals surface area contributed by atoms with Gasteiger partial charge in [-0.3, -0.25) is 4.98 Å². The van der Waals surface area contributed by atoms with E-state index in [0.29, 0.717) is 11.3 Å². The lowest BCUT2D eigenvalue weighted by Gasteiger charge is -1.99. The van der Waals surface area contributed by atoms with Gasteiger partial charge in [-0.1, -0.05) is 0 Å². The Bertz CT molecular complexity index is 409. The smallest absolute Gasteiger partial charge is 0.179 e. The minimum atomic E-state index is -0.109. The van der Waals surface area contributed by atoms with Crippen LogP contribution in [0.1, 0.15) is 11.4 Å². The van der Waals surface area contributed by atoms with Crippen molar-refractivity contribution in [3.63, 3.8) is 0 Å². The second-order valence-corrected chi connectivity index (χ2v) is 2.50. The van der Waals surface area contributed by atoms with E-state index in [1.165, 1.54) is 6.33 Å². The molecule has 0 aliphatic rings. The highest BCUT2D eigenvalue weighted by Crippen LogP contribution is 2.05. The van der Waals surface area contributed by atoms with Gasteiger partial charge in [0.05, 0.1) is 12.3 Å². The van der Waals surface area contributed by atoms with E-state index in [1.807, 2.05) is 6.92 Å². The van der Waals surface area contributed by atoms with Gasteiger partial charge in [-0.25, -0.2) is 9.50 Å². The Balaban J connectivity index is 2.82. The number of aromatic nitrogens is 4. The quantitative estimate of drug-likeness (QED) is 0.640. The fraction of sp³-hybridized carbons (Fsp3) is 0.286. The fourth-order valence-electron chi connectivity index (χ4n) is 1.09. The molecule has 62 valence electrons. The Labute approximate surface area is 68.7 Å². The summed E-state index contributed by atoms with van der Waals surface area (Å²) < 4.78 is 1.65. The average molecular weight is 164 g/mol. The van der Waals surface area contributed by atoms with Crippen LogP contribution in [0.3, 0.4) is 0 Å². The molecule has 0 unspecified atom stereocenters. The van der Waals surface area contributed by atoms with Crippen LogP contribution in [0.2, 0.25) is 0 Å². The van der Waals surface area contributed by atoms with Gasteiger partial charge in [0.2, 0.25) is 0 Å². The first-order chi connectivity index (χ1) is 5.83. The molecule has 5 heteroatoms. The molecule has 2 heterocycles. The van der Waals surface area contributed by atoms with Crippen molar-refractivity contribution in [3.8, 4) is 0 Å². The number of hydrogen-bond acceptors (Lipinski definition) is 4. The van der Waals surface area contributed by atoms with Crippen molar-refractivity contribution >= 4 is 5.65 Å². The number of aryl methyl sites for hydroxylation is 1. The second kappa shape index (κ2) is 2.53. The van der Waals surface area contributed by atoms with Gasteiger partial charge in [-0.15, -0.1) is 0 Å². The van der Waals surface area contributed by atoms with Crippen LogP contribution in [-0.4, -0.2) is 24.7 Å². The predicted molar refractivity (Wildman–Crippen MR) is 41.4 cm³/mol. The maximum Gasteiger partial charge on any atom is 0.179 e. The summed E-state index contributed by atoms with van der Waals surface area (Å²) in [6, 6.07) is 0. The van der Waals surface area contributed by atoms with Gasteiger partial charge in [0.25, 0.3) is 0 Å². The van der Waals surface area contributed by atoms with Crippen LogP contribution in [0.4, 0.5) is 0 Å². The topological polar surface area (TPSA) is 63.3 Å². The summed E-state index contributed by atoms with van der Waals surface area (Å²) >= 11 is 0. The van der Waals surface area contributed by atoms with Crippen LogP contribution >= 0.6 is 0 Å². The number of hydrogen-bond donors (Lipinski definition) is 1. The molecule has 0 atom stereocenters. The molecule has 0 saturated carbocycles. The van der Waals surface area contributed by atoms with E-state index in [0.717, 1.165) is 5.69 Å². The zero-order valence-electron chi connectivity index (χ0n) is 6.60. The molecule has 0 saturated heterocycles. The lowest BCUT2D eigenvalue weighted by atomic mass is 10.4. The minimum absolute atomic E-state index is 0.109. The van der Waals surface area contributed by atoms with Crippen molar-refractivity contribution in [1.29, 1.82) is 0 Å². The number of rotatable bonds is 1. The second-order valence-electron chi connectivity index (χ2n) is 2.50. The van der Waals surface area contributed by atoms with Crippen LogP contribution in [-0.2, 0) is 6.61 Å². The summed E-state index contributed by atoms with van der Waals surface area (Å²) in [5.41, 5.74) is 2.08. The van der Waals surface area contributed by atoms with Crippen molar-refractivity contribution < 1.29 is 5.11 Å². The van der Waals surface area contributed by atoms with Crippen LogP contribution in [0.25, 0.3) is 5.65 Å². The standard InChI is InChI=1S/C7H8N4O/c1-5-2-8-6(3-12)7-9-4-10-11(5)7/h2,4,12H,3H2,1H3. The number of nitrogens with zero attached hydrogens (tertiary/aromatic N) is 4. The maximum atomic E-state index is 8.90. The molecule has 5 nitrogen and oxygen atoms in total. The van der Waals surface area contributed by atoms with Crippen molar-refractivity contribution in [2.75, 3.05) is 0 Å². The highest BCUT2D eigenvalue weighted by molar-refractivity contribution is 5.42. The van der Waals surface area contributed by atoms with Crippen LogP contribution < -0.4 is 0 Å². The molecule has 1 N–H and O–H groups in total. The van der Waals surface area contributed by atoms with Crippen molar-refractivity contribution in [2.24, 2.45) is 0 Å². The molecular weight excluding hydrogens is 156 g/mol. The minimum Gasteiger partial charge on any atom is -0.390 e. The lowest BCUT2D eigenvalue weighted by Crippen LogP contribution is -2.00. The Hall–Kier alpha value is -1.49. The third kappa shape index (κ3) is 0.868. The van der Waals surface area contributed by atoms with Gasteiger partial charge in [-0.2, -0.15) is 5.10 Å². The van der Waals surface area contributed by atoms with E-state index in [4.69, 9.17) is 5.11 Å². The van der Waals surface area contributed by atoms with Gasteiger partial charge in [0.15, 0.2) is 5.65 Å². The Morgan fingerprint density at radius 3 is 3.08 bits per heavy atom. The molecule has 0 spiro atoms. The zero-order valence-corrected chi connectivity index (χ0v) is 6.60. The third-order valence-corrected chi connectivity index (χ3v) is 1.70. The Morgan fingerprint density at radius 1 is 1.50 bits per heavy atom. The highest BCUT2D eigenvalue weighted by Gasteiger charge is 2.04. The summed E-state index contributed by atoms with van der Waals surface area (Å²) in [5, 5.41) is 12.9. The molecule has 0 aliphatic heterocycles. The molecule has 0 aliphatic carbocycles. The number of aliphatic hydroxyl groups excluding tert-OH is 1. The highest BCUT2D eigenvalue weighted by atomic mass is 16.3. The van der Waals surface area contributed by atoms with E-state index in [2.05, 4.69) is 15.1 Å².